The Hall–Kier alpha value is -0.150. The summed E-state index contributed by atoms with van der Waals surface area (Å²) < 4.78 is 16.2. The lowest BCUT2D eigenvalue weighted by Gasteiger charge is -2.07. The van der Waals surface area contributed by atoms with E-state index in [2.05, 4.69) is 4.74 Å². The smallest absolute Gasteiger partial charge is 0.317 e. The van der Waals surface area contributed by atoms with E-state index in [1.165, 1.54) is 0 Å². The maximum Gasteiger partial charge on any atom is 0.317 e. The van der Waals surface area contributed by atoms with Gasteiger partial charge < -0.3 is 9.84 Å². The molecule has 0 amide bonds. The molecule has 0 aliphatic carbocycles. The van der Waals surface area contributed by atoms with Gasteiger partial charge >= 0.3 is 6.04 Å². The summed E-state index contributed by atoms with van der Waals surface area (Å²) in [6.07, 6.45) is 0.736. The fourth-order valence-electron chi connectivity index (χ4n) is 0.591. The van der Waals surface area contributed by atoms with Gasteiger partial charge in [-0.25, -0.2) is 0 Å². The zero-order valence-corrected chi connectivity index (χ0v) is 3.85. The monoisotopic (exact) mass is 106 g/mol. The Labute approximate surface area is 40.9 Å². The molecule has 1 atom stereocenters. The van der Waals surface area contributed by atoms with Crippen molar-refractivity contribution in [3.8, 4) is 0 Å². The average molecular weight is 106 g/mol. The molecule has 0 saturated carbocycles. The lowest BCUT2D eigenvalue weighted by atomic mass is 10.3. The molecule has 2 nitrogen and oxygen atoms in total. The molecule has 1 aliphatic rings. The van der Waals surface area contributed by atoms with Crippen molar-refractivity contribution >= 4 is 0 Å². The highest BCUT2D eigenvalue weighted by Crippen LogP contribution is 2.22. The van der Waals surface area contributed by atoms with Crippen molar-refractivity contribution in [2.75, 3.05) is 6.61 Å². The van der Waals surface area contributed by atoms with Gasteiger partial charge in [0.1, 0.15) is 0 Å². The number of rotatable bonds is 0. The zero-order valence-electron chi connectivity index (χ0n) is 3.85. The van der Waals surface area contributed by atoms with Gasteiger partial charge in [-0.05, 0) is 6.42 Å². The lowest BCUT2D eigenvalue weighted by molar-refractivity contribution is -0.262. The van der Waals surface area contributed by atoms with Gasteiger partial charge in [0, 0.05) is 6.42 Å². The Morgan fingerprint density at radius 1 is 1.71 bits per heavy atom. The Morgan fingerprint density at radius 2 is 2.43 bits per heavy atom. The van der Waals surface area contributed by atoms with Gasteiger partial charge in [-0.2, -0.15) is 4.39 Å². The molecule has 0 aromatic heterocycles. The minimum atomic E-state index is -2.31. The minimum absolute atomic E-state index is 0.118. The van der Waals surface area contributed by atoms with Crippen molar-refractivity contribution in [1.29, 1.82) is 0 Å². The molecular formula is C4H7FO2. The Balaban J connectivity index is 2.40. The Bertz CT molecular complexity index is 64.1. The first-order chi connectivity index (χ1) is 3.21. The Kier molecular flexibility index (Phi) is 1.01. The van der Waals surface area contributed by atoms with E-state index >= 15 is 0 Å². The topological polar surface area (TPSA) is 29.5 Å². The number of aliphatic hydroxyl groups is 1. The highest BCUT2D eigenvalue weighted by molar-refractivity contribution is 4.58. The summed E-state index contributed by atoms with van der Waals surface area (Å²) in [5.74, 6) is 0. The van der Waals surface area contributed by atoms with Gasteiger partial charge in [-0.15, -0.1) is 0 Å². The summed E-state index contributed by atoms with van der Waals surface area (Å²) in [4.78, 5) is 0. The summed E-state index contributed by atoms with van der Waals surface area (Å²) in [6, 6.07) is -2.31. The van der Waals surface area contributed by atoms with Crippen LogP contribution in [0.5, 0.6) is 0 Å². The fraction of sp³-hybridized carbons (Fsp3) is 1.00. The second-order valence-electron chi connectivity index (χ2n) is 1.64. The van der Waals surface area contributed by atoms with Gasteiger partial charge in [0.15, 0.2) is 0 Å². The third-order valence-electron chi connectivity index (χ3n) is 0.953. The molecule has 1 fully saturated rings. The van der Waals surface area contributed by atoms with Crippen LogP contribution < -0.4 is 0 Å². The minimum Gasteiger partial charge on any atom is -0.340 e. The normalized spacial score (nSPS) is 42.0. The van der Waals surface area contributed by atoms with E-state index in [9.17, 15) is 4.39 Å². The van der Waals surface area contributed by atoms with Gasteiger partial charge in [0.2, 0.25) is 0 Å². The van der Waals surface area contributed by atoms with Crippen LogP contribution in [0, 0.1) is 0 Å². The standard InChI is InChI=1S/C4H7FO2/c5-4(6)2-1-3-7-4/h6H,1-3H2. The first-order valence-corrected chi connectivity index (χ1v) is 2.26. The van der Waals surface area contributed by atoms with Gasteiger partial charge in [0.05, 0.1) is 6.61 Å². The SMILES string of the molecule is OC1(F)CCCO1. The second-order valence-corrected chi connectivity index (χ2v) is 1.64. The van der Waals surface area contributed by atoms with Gasteiger partial charge in [-0.1, -0.05) is 0 Å². The van der Waals surface area contributed by atoms with E-state index in [1.807, 2.05) is 0 Å². The fourth-order valence-corrected chi connectivity index (χ4v) is 0.591. The predicted molar refractivity (Wildman–Crippen MR) is 21.2 cm³/mol. The van der Waals surface area contributed by atoms with Crippen LogP contribution in [0.3, 0.4) is 0 Å². The van der Waals surface area contributed by atoms with Gasteiger partial charge in [-0.3, -0.25) is 0 Å². The van der Waals surface area contributed by atoms with Crippen molar-refractivity contribution in [3.05, 3.63) is 0 Å². The number of halogens is 1. The van der Waals surface area contributed by atoms with Crippen molar-refractivity contribution in [2.24, 2.45) is 0 Å². The van der Waals surface area contributed by atoms with Crippen molar-refractivity contribution in [2.45, 2.75) is 18.9 Å². The van der Waals surface area contributed by atoms with E-state index in [-0.39, 0.29) is 6.42 Å². The van der Waals surface area contributed by atoms with Crippen LogP contribution in [0.1, 0.15) is 12.8 Å². The average Bonchev–Trinajstić information content (AvgIpc) is 1.84. The van der Waals surface area contributed by atoms with Gasteiger partial charge in [0.25, 0.3) is 0 Å². The highest BCUT2D eigenvalue weighted by atomic mass is 19.2. The first kappa shape index (κ1) is 5.00. The maximum absolute atomic E-state index is 11.9. The molecule has 1 heterocycles. The summed E-state index contributed by atoms with van der Waals surface area (Å²) in [6.45, 7) is 0.340. The van der Waals surface area contributed by atoms with Crippen LogP contribution in [0.4, 0.5) is 4.39 Å². The van der Waals surface area contributed by atoms with Crippen LogP contribution in [0.2, 0.25) is 0 Å². The van der Waals surface area contributed by atoms with Crippen LogP contribution >= 0.6 is 0 Å². The molecule has 0 aromatic carbocycles. The summed E-state index contributed by atoms with van der Waals surface area (Å²) >= 11 is 0. The van der Waals surface area contributed by atoms with Crippen molar-refractivity contribution in [1.82, 2.24) is 0 Å². The largest absolute Gasteiger partial charge is 0.340 e. The van der Waals surface area contributed by atoms with E-state index < -0.39 is 6.04 Å². The van der Waals surface area contributed by atoms with Crippen LogP contribution in [0.25, 0.3) is 0 Å². The number of ether oxygens (including phenoxy) is 1. The quantitative estimate of drug-likeness (QED) is 0.484. The molecule has 1 N–H and O–H groups in total. The summed E-state index contributed by atoms with van der Waals surface area (Å²) in [5.41, 5.74) is 0. The molecule has 1 unspecified atom stereocenters. The molecule has 0 bridgehead atoms. The second kappa shape index (κ2) is 1.42. The molecular weight excluding hydrogens is 99.0 g/mol. The molecule has 1 rings (SSSR count). The highest BCUT2D eigenvalue weighted by Gasteiger charge is 2.31. The molecule has 42 valence electrons. The van der Waals surface area contributed by atoms with E-state index in [0.717, 1.165) is 0 Å². The van der Waals surface area contributed by atoms with E-state index in [0.29, 0.717) is 13.0 Å². The molecule has 0 aromatic rings. The Morgan fingerprint density at radius 3 is 2.57 bits per heavy atom. The predicted octanol–water partition coefficient (Wildman–Crippen LogP) is 0.412. The van der Waals surface area contributed by atoms with Crippen LogP contribution in [-0.2, 0) is 4.74 Å². The molecule has 3 heteroatoms. The lowest BCUT2D eigenvalue weighted by Crippen LogP contribution is -2.18. The first-order valence-electron chi connectivity index (χ1n) is 2.26. The van der Waals surface area contributed by atoms with Crippen molar-refractivity contribution in [3.63, 3.8) is 0 Å². The summed E-state index contributed by atoms with van der Waals surface area (Å²) in [5, 5.41) is 8.31. The van der Waals surface area contributed by atoms with E-state index in [1.54, 1.807) is 0 Å². The van der Waals surface area contributed by atoms with Crippen molar-refractivity contribution < 1.29 is 14.2 Å². The third-order valence-corrected chi connectivity index (χ3v) is 0.953. The number of alkyl halides is 1. The molecule has 0 radical (unpaired) electrons. The molecule has 1 saturated heterocycles. The third kappa shape index (κ3) is 1.11. The zero-order chi connectivity index (χ0) is 5.33. The van der Waals surface area contributed by atoms with Crippen LogP contribution in [0.15, 0.2) is 0 Å². The molecule has 7 heavy (non-hydrogen) atoms. The number of hydrogen-bond donors (Lipinski definition) is 1. The number of hydrogen-bond acceptors (Lipinski definition) is 2. The van der Waals surface area contributed by atoms with E-state index in [4.69, 9.17) is 5.11 Å². The molecule has 1 aliphatic heterocycles. The maximum atomic E-state index is 11.9. The molecule has 0 spiro atoms. The van der Waals surface area contributed by atoms with Crippen LogP contribution in [-0.4, -0.2) is 17.8 Å². The summed E-state index contributed by atoms with van der Waals surface area (Å²) in [7, 11) is 0.